The molecule has 0 aromatic heterocycles. The number of ketones is 1. The largest absolute Gasteiger partial charge is 0.490 e. The summed E-state index contributed by atoms with van der Waals surface area (Å²) in [5, 5.41) is 5.75. The third kappa shape index (κ3) is 13.7. The quantitative estimate of drug-likeness (QED) is 0.0999. The predicted molar refractivity (Wildman–Crippen MR) is 168 cm³/mol. The lowest BCUT2D eigenvalue weighted by Crippen LogP contribution is -2.50. The second-order valence-corrected chi connectivity index (χ2v) is 10.5. The van der Waals surface area contributed by atoms with Gasteiger partial charge in [0.25, 0.3) is 6.47 Å². The van der Waals surface area contributed by atoms with Gasteiger partial charge in [0.15, 0.2) is 5.78 Å². The van der Waals surface area contributed by atoms with E-state index in [2.05, 4.69) is 29.5 Å². The maximum atomic E-state index is 13.6. The standard InChI is InChI=1S/C34H45N3O7/c1-4-18-43-30-13-9-26(10-14-30)20-29(23-42-24-38)37-34(41)28(8-6-7-17-35)22-33(40)32(36-25(3)39)21-27-11-15-31(16-12-27)44-19-5-2/h4-5,9-16,24,28-29,32H,1-2,6-8,17-23,35H2,3H3,(H,36,39)(H,37,41)/p+1/t28-,29-,32-/m0/s1. The molecule has 2 aromatic rings. The summed E-state index contributed by atoms with van der Waals surface area (Å²) >= 11 is 0. The molecular weight excluding hydrogens is 562 g/mol. The van der Waals surface area contributed by atoms with Gasteiger partial charge in [-0.3, -0.25) is 19.2 Å². The first-order valence-electron chi connectivity index (χ1n) is 14.9. The van der Waals surface area contributed by atoms with E-state index in [9.17, 15) is 19.2 Å². The smallest absolute Gasteiger partial charge is 0.293 e. The highest BCUT2D eigenvalue weighted by molar-refractivity contribution is 5.92. The van der Waals surface area contributed by atoms with Crippen molar-refractivity contribution in [3.63, 3.8) is 0 Å². The van der Waals surface area contributed by atoms with E-state index in [0.29, 0.717) is 57.0 Å². The average molecular weight is 609 g/mol. The zero-order valence-electron chi connectivity index (χ0n) is 25.6. The summed E-state index contributed by atoms with van der Waals surface area (Å²) in [7, 11) is 0. The maximum Gasteiger partial charge on any atom is 0.293 e. The average Bonchev–Trinajstić information content (AvgIpc) is 3.01. The number of nitrogens with one attached hydrogen (secondary N) is 2. The van der Waals surface area contributed by atoms with Gasteiger partial charge >= 0.3 is 0 Å². The van der Waals surface area contributed by atoms with Crippen LogP contribution in [0.15, 0.2) is 73.8 Å². The molecule has 0 aliphatic heterocycles. The minimum Gasteiger partial charge on any atom is -0.490 e. The molecule has 0 saturated carbocycles. The van der Waals surface area contributed by atoms with Gasteiger partial charge in [-0.2, -0.15) is 0 Å². The molecule has 2 rings (SSSR count). The molecule has 0 aliphatic carbocycles. The Morgan fingerprint density at radius 1 is 0.864 bits per heavy atom. The van der Waals surface area contributed by atoms with Crippen molar-refractivity contribution in [3.05, 3.63) is 85.0 Å². The van der Waals surface area contributed by atoms with E-state index < -0.39 is 18.0 Å². The van der Waals surface area contributed by atoms with Crippen molar-refractivity contribution in [1.29, 1.82) is 0 Å². The zero-order chi connectivity index (χ0) is 32.2. The van der Waals surface area contributed by atoms with E-state index in [4.69, 9.17) is 14.2 Å². The summed E-state index contributed by atoms with van der Waals surface area (Å²) < 4.78 is 16.1. The Balaban J connectivity index is 2.16. The van der Waals surface area contributed by atoms with Crippen molar-refractivity contribution in [3.8, 4) is 11.5 Å². The molecule has 10 heteroatoms. The van der Waals surface area contributed by atoms with Crippen molar-refractivity contribution in [1.82, 2.24) is 10.6 Å². The molecule has 0 radical (unpaired) electrons. The maximum absolute atomic E-state index is 13.6. The fraction of sp³-hybridized carbons (Fsp3) is 0.412. The number of amides is 2. The molecule has 5 N–H and O–H groups in total. The number of Topliss-reactive ketones (excluding diaryl/α,β-unsaturated/α-hetero) is 1. The molecule has 0 fully saturated rings. The van der Waals surface area contributed by atoms with E-state index in [1.807, 2.05) is 36.4 Å². The van der Waals surface area contributed by atoms with Crippen LogP contribution < -0.4 is 25.8 Å². The van der Waals surface area contributed by atoms with Gasteiger partial charge in [0.1, 0.15) is 31.3 Å². The van der Waals surface area contributed by atoms with Gasteiger partial charge in [-0.25, -0.2) is 0 Å². The molecule has 238 valence electrons. The highest BCUT2D eigenvalue weighted by Crippen LogP contribution is 2.19. The van der Waals surface area contributed by atoms with Gasteiger partial charge in [-0.05, 0) is 67.5 Å². The Hall–Kier alpha value is -4.44. The van der Waals surface area contributed by atoms with Crippen LogP contribution in [0.25, 0.3) is 0 Å². The normalized spacial score (nSPS) is 12.6. The molecule has 2 amide bonds. The number of benzene rings is 2. The number of carbonyl (C=O) groups excluding carboxylic acids is 4. The minimum atomic E-state index is -0.799. The Kier molecular flexibility index (Phi) is 16.6. The van der Waals surface area contributed by atoms with Crippen LogP contribution in [-0.4, -0.2) is 62.5 Å². The van der Waals surface area contributed by atoms with Gasteiger partial charge in [0.2, 0.25) is 11.8 Å². The van der Waals surface area contributed by atoms with Crippen LogP contribution in [-0.2, 0) is 36.8 Å². The van der Waals surface area contributed by atoms with Crippen LogP contribution in [0.2, 0.25) is 0 Å². The Morgan fingerprint density at radius 3 is 1.93 bits per heavy atom. The van der Waals surface area contributed by atoms with E-state index in [1.54, 1.807) is 24.3 Å². The third-order valence-electron chi connectivity index (χ3n) is 6.85. The van der Waals surface area contributed by atoms with Crippen LogP contribution in [0.5, 0.6) is 11.5 Å². The van der Waals surface area contributed by atoms with Gasteiger partial charge in [0.05, 0.1) is 18.6 Å². The van der Waals surface area contributed by atoms with Crippen molar-refractivity contribution in [2.75, 3.05) is 26.4 Å². The molecule has 0 bridgehead atoms. The number of ether oxygens (including phenoxy) is 3. The first-order chi connectivity index (χ1) is 21.3. The Labute approximate surface area is 260 Å². The first-order valence-corrected chi connectivity index (χ1v) is 14.9. The molecule has 44 heavy (non-hydrogen) atoms. The van der Waals surface area contributed by atoms with Crippen LogP contribution in [0.3, 0.4) is 0 Å². The van der Waals surface area contributed by atoms with Crippen molar-refractivity contribution in [2.24, 2.45) is 5.92 Å². The van der Waals surface area contributed by atoms with Gasteiger partial charge in [0, 0.05) is 19.3 Å². The van der Waals surface area contributed by atoms with E-state index in [-0.39, 0.29) is 37.0 Å². The monoisotopic (exact) mass is 608 g/mol. The summed E-state index contributed by atoms with van der Waals surface area (Å²) in [5.74, 6) is -0.153. The lowest BCUT2D eigenvalue weighted by atomic mass is 9.90. The summed E-state index contributed by atoms with van der Waals surface area (Å²) in [6.45, 7) is 10.4. The molecule has 0 aliphatic rings. The van der Waals surface area contributed by atoms with Gasteiger partial charge in [-0.1, -0.05) is 49.6 Å². The van der Waals surface area contributed by atoms with E-state index in [1.165, 1.54) is 6.92 Å². The molecule has 0 spiro atoms. The molecular formula is C34H46N3O7+. The first kappa shape index (κ1) is 35.8. The van der Waals surface area contributed by atoms with E-state index in [0.717, 1.165) is 17.5 Å². The Morgan fingerprint density at radius 2 is 1.43 bits per heavy atom. The summed E-state index contributed by atoms with van der Waals surface area (Å²) in [4.78, 5) is 50.1. The van der Waals surface area contributed by atoms with Crippen molar-refractivity contribution in [2.45, 2.75) is 57.5 Å². The lowest BCUT2D eigenvalue weighted by Gasteiger charge is -2.24. The summed E-state index contributed by atoms with van der Waals surface area (Å²) in [6, 6.07) is 13.4. The Bertz CT molecular complexity index is 1200. The van der Waals surface area contributed by atoms with Gasteiger partial charge in [-0.15, -0.1) is 0 Å². The highest BCUT2D eigenvalue weighted by atomic mass is 16.5. The molecule has 0 saturated heterocycles. The lowest BCUT2D eigenvalue weighted by molar-refractivity contribution is -0.368. The fourth-order valence-electron chi connectivity index (χ4n) is 4.67. The number of carbonyl (C=O) groups is 4. The topological polar surface area (TPSA) is 148 Å². The van der Waals surface area contributed by atoms with Crippen LogP contribution in [0.1, 0.15) is 43.7 Å². The number of rotatable bonds is 23. The van der Waals surface area contributed by atoms with Gasteiger partial charge < -0.3 is 30.6 Å². The summed E-state index contributed by atoms with van der Waals surface area (Å²) in [6.07, 6.45) is 5.94. The van der Waals surface area contributed by atoms with Crippen LogP contribution in [0.4, 0.5) is 0 Å². The predicted octanol–water partition coefficient (Wildman–Crippen LogP) is 2.75. The van der Waals surface area contributed by atoms with Crippen LogP contribution >= 0.6 is 0 Å². The van der Waals surface area contributed by atoms with Crippen LogP contribution in [0, 0.1) is 5.92 Å². The zero-order valence-corrected chi connectivity index (χ0v) is 25.6. The molecule has 0 unspecified atom stereocenters. The molecule has 3 atom stereocenters. The molecule has 10 nitrogen and oxygen atoms in total. The minimum absolute atomic E-state index is 0.0233. The number of hydrogen-bond donors (Lipinski definition) is 3. The fourth-order valence-corrected chi connectivity index (χ4v) is 4.67. The second kappa shape index (κ2) is 20.5. The van der Waals surface area contributed by atoms with Crippen molar-refractivity contribution < 1.29 is 39.1 Å². The SMILES string of the molecule is C=CCOc1ccc(C[C@@H](COC=O)NC(=O)[C@@H](CCCC[NH3+])CC(=O)[C@H](Cc2ccc(OCC=C)cc2)NC(C)=O)cc1. The van der Waals surface area contributed by atoms with E-state index >= 15 is 0 Å². The second-order valence-electron chi connectivity index (χ2n) is 10.5. The number of quaternary nitrogens is 1. The highest BCUT2D eigenvalue weighted by Gasteiger charge is 2.28. The third-order valence-corrected chi connectivity index (χ3v) is 6.85. The number of unbranched alkanes of at least 4 members (excludes halogenated alkanes) is 1. The summed E-state index contributed by atoms with van der Waals surface area (Å²) in [5.41, 5.74) is 5.63. The molecule has 0 heterocycles. The molecule has 2 aromatic carbocycles. The van der Waals surface area contributed by atoms with Crippen molar-refractivity contribution >= 4 is 24.1 Å². The number of hydrogen-bond acceptors (Lipinski definition) is 7.